The summed E-state index contributed by atoms with van der Waals surface area (Å²) < 4.78 is 5.43. The first-order chi connectivity index (χ1) is 10.3. The lowest BCUT2D eigenvalue weighted by Gasteiger charge is -2.11. The molecule has 3 aromatic rings. The molecule has 1 aromatic heterocycles. The van der Waals surface area contributed by atoms with E-state index in [-0.39, 0.29) is 0 Å². The molecule has 0 radical (unpaired) electrons. The first-order valence-electron chi connectivity index (χ1n) is 6.94. The molecule has 4 heteroatoms. The van der Waals surface area contributed by atoms with E-state index in [0.717, 1.165) is 34.9 Å². The van der Waals surface area contributed by atoms with Gasteiger partial charge in [-0.05, 0) is 23.9 Å². The van der Waals surface area contributed by atoms with Gasteiger partial charge in [0.05, 0.1) is 7.11 Å². The Morgan fingerprint density at radius 2 is 1.90 bits per heavy atom. The van der Waals surface area contributed by atoms with Gasteiger partial charge in [0.1, 0.15) is 10.8 Å². The van der Waals surface area contributed by atoms with Gasteiger partial charge < -0.3 is 10.1 Å². The van der Waals surface area contributed by atoms with Gasteiger partial charge in [0.2, 0.25) is 0 Å². The van der Waals surface area contributed by atoms with Gasteiger partial charge in [0, 0.05) is 29.5 Å². The van der Waals surface area contributed by atoms with Crippen LogP contribution in [0.4, 0.5) is 0 Å². The first kappa shape index (κ1) is 14.0. The van der Waals surface area contributed by atoms with Gasteiger partial charge in [-0.25, -0.2) is 4.98 Å². The Bertz CT molecular complexity index is 751. The molecule has 21 heavy (non-hydrogen) atoms. The van der Waals surface area contributed by atoms with Gasteiger partial charge in [-0.3, -0.25) is 0 Å². The molecule has 0 aliphatic heterocycles. The summed E-state index contributed by atoms with van der Waals surface area (Å²) in [6, 6.07) is 12.5. The Labute approximate surface area is 128 Å². The number of aromatic nitrogens is 1. The third-order valence-electron chi connectivity index (χ3n) is 3.45. The van der Waals surface area contributed by atoms with E-state index in [0.29, 0.717) is 0 Å². The van der Waals surface area contributed by atoms with Crippen molar-refractivity contribution in [1.82, 2.24) is 10.3 Å². The van der Waals surface area contributed by atoms with Crippen molar-refractivity contribution in [3.63, 3.8) is 0 Å². The molecule has 0 atom stereocenters. The van der Waals surface area contributed by atoms with Crippen LogP contribution in [0, 0.1) is 6.92 Å². The van der Waals surface area contributed by atoms with Crippen molar-refractivity contribution in [1.29, 1.82) is 0 Å². The molecule has 1 N–H and O–H groups in total. The Kier molecular flexibility index (Phi) is 4.18. The number of hydrogen-bond acceptors (Lipinski definition) is 4. The van der Waals surface area contributed by atoms with Crippen LogP contribution < -0.4 is 10.1 Å². The van der Waals surface area contributed by atoms with Gasteiger partial charge >= 0.3 is 0 Å². The Hall–Kier alpha value is -1.91. The SMILES string of the molecule is COc1ccc(CNCc2nc(C)cs2)c2ccccc12. The molecule has 0 aliphatic carbocycles. The number of nitrogens with zero attached hydrogens (tertiary/aromatic N) is 1. The van der Waals surface area contributed by atoms with Crippen LogP contribution in [0.15, 0.2) is 41.8 Å². The van der Waals surface area contributed by atoms with E-state index in [2.05, 4.69) is 39.9 Å². The number of ether oxygens (including phenoxy) is 1. The summed E-state index contributed by atoms with van der Waals surface area (Å²) in [5.41, 5.74) is 2.37. The number of nitrogens with one attached hydrogen (secondary N) is 1. The fraction of sp³-hybridized carbons (Fsp3) is 0.235. The zero-order valence-electron chi connectivity index (χ0n) is 12.2. The summed E-state index contributed by atoms with van der Waals surface area (Å²) in [5.74, 6) is 0.921. The minimum Gasteiger partial charge on any atom is -0.496 e. The molecule has 0 saturated heterocycles. The number of methoxy groups -OCH3 is 1. The topological polar surface area (TPSA) is 34.1 Å². The van der Waals surface area contributed by atoms with Crippen LogP contribution in [0.2, 0.25) is 0 Å². The van der Waals surface area contributed by atoms with E-state index < -0.39 is 0 Å². The maximum absolute atomic E-state index is 5.43. The summed E-state index contributed by atoms with van der Waals surface area (Å²) in [6.45, 7) is 3.65. The quantitative estimate of drug-likeness (QED) is 0.775. The first-order valence-corrected chi connectivity index (χ1v) is 7.82. The number of benzene rings is 2. The molecule has 0 amide bonds. The summed E-state index contributed by atoms with van der Waals surface area (Å²) in [4.78, 5) is 4.47. The van der Waals surface area contributed by atoms with Crippen LogP contribution >= 0.6 is 11.3 Å². The third-order valence-corrected chi connectivity index (χ3v) is 4.42. The minimum atomic E-state index is 0.804. The van der Waals surface area contributed by atoms with Gasteiger partial charge in [-0.2, -0.15) is 0 Å². The van der Waals surface area contributed by atoms with Gasteiger partial charge in [-0.15, -0.1) is 11.3 Å². The molecule has 0 bridgehead atoms. The average molecular weight is 298 g/mol. The van der Waals surface area contributed by atoms with Crippen molar-refractivity contribution in [2.24, 2.45) is 0 Å². The predicted molar refractivity (Wildman–Crippen MR) is 87.9 cm³/mol. The molecule has 3 nitrogen and oxygen atoms in total. The second-order valence-corrected chi connectivity index (χ2v) is 5.90. The lowest BCUT2D eigenvalue weighted by Crippen LogP contribution is -2.12. The van der Waals surface area contributed by atoms with E-state index in [1.807, 2.05) is 19.1 Å². The van der Waals surface area contributed by atoms with Crippen LogP contribution in [0.1, 0.15) is 16.3 Å². The largest absolute Gasteiger partial charge is 0.496 e. The molecule has 1 heterocycles. The van der Waals surface area contributed by atoms with Crippen molar-refractivity contribution in [3.8, 4) is 5.75 Å². The highest BCUT2D eigenvalue weighted by atomic mass is 32.1. The molecule has 0 aliphatic rings. The fourth-order valence-electron chi connectivity index (χ4n) is 2.45. The third kappa shape index (κ3) is 3.06. The summed E-state index contributed by atoms with van der Waals surface area (Å²) in [7, 11) is 1.71. The van der Waals surface area contributed by atoms with E-state index >= 15 is 0 Å². The van der Waals surface area contributed by atoms with Crippen molar-refractivity contribution in [2.45, 2.75) is 20.0 Å². The van der Waals surface area contributed by atoms with Crippen LogP contribution in [0.25, 0.3) is 10.8 Å². The molecule has 108 valence electrons. The smallest absolute Gasteiger partial charge is 0.126 e. The number of thiazole rings is 1. The molecular weight excluding hydrogens is 280 g/mol. The maximum Gasteiger partial charge on any atom is 0.126 e. The van der Waals surface area contributed by atoms with Crippen molar-refractivity contribution < 1.29 is 4.74 Å². The second kappa shape index (κ2) is 6.24. The maximum atomic E-state index is 5.43. The monoisotopic (exact) mass is 298 g/mol. The molecule has 0 spiro atoms. The minimum absolute atomic E-state index is 0.804. The Morgan fingerprint density at radius 3 is 2.62 bits per heavy atom. The standard InChI is InChI=1S/C17H18N2OS/c1-12-11-21-17(19-12)10-18-9-13-7-8-16(20-2)15-6-4-3-5-14(13)15/h3-8,11,18H,9-10H2,1-2H3. The number of fused-ring (bicyclic) bond motifs is 1. The van der Waals surface area contributed by atoms with Crippen LogP contribution in [-0.2, 0) is 13.1 Å². The number of rotatable bonds is 5. The highest BCUT2D eigenvalue weighted by molar-refractivity contribution is 7.09. The highest BCUT2D eigenvalue weighted by Gasteiger charge is 2.06. The highest BCUT2D eigenvalue weighted by Crippen LogP contribution is 2.28. The van der Waals surface area contributed by atoms with E-state index in [9.17, 15) is 0 Å². The number of hydrogen-bond donors (Lipinski definition) is 1. The lowest BCUT2D eigenvalue weighted by atomic mass is 10.0. The summed E-state index contributed by atoms with van der Waals surface area (Å²) in [6.07, 6.45) is 0. The fourth-order valence-corrected chi connectivity index (χ4v) is 3.20. The van der Waals surface area contributed by atoms with Crippen LogP contribution in [0.5, 0.6) is 5.75 Å². The van der Waals surface area contributed by atoms with Crippen LogP contribution in [-0.4, -0.2) is 12.1 Å². The second-order valence-electron chi connectivity index (χ2n) is 4.96. The molecule has 0 fully saturated rings. The van der Waals surface area contributed by atoms with Gasteiger partial charge in [0.15, 0.2) is 0 Å². The van der Waals surface area contributed by atoms with Crippen molar-refractivity contribution in [3.05, 3.63) is 58.0 Å². The normalized spacial score (nSPS) is 11.0. The lowest BCUT2D eigenvalue weighted by molar-refractivity contribution is 0.419. The molecule has 0 saturated carbocycles. The Morgan fingerprint density at radius 1 is 1.10 bits per heavy atom. The van der Waals surface area contributed by atoms with Crippen molar-refractivity contribution >= 4 is 22.1 Å². The molecule has 3 rings (SSSR count). The van der Waals surface area contributed by atoms with E-state index in [1.165, 1.54) is 10.9 Å². The molecule has 0 unspecified atom stereocenters. The Balaban J connectivity index is 1.78. The van der Waals surface area contributed by atoms with Crippen molar-refractivity contribution in [2.75, 3.05) is 7.11 Å². The van der Waals surface area contributed by atoms with E-state index in [4.69, 9.17) is 4.74 Å². The van der Waals surface area contributed by atoms with Gasteiger partial charge in [-0.1, -0.05) is 30.3 Å². The van der Waals surface area contributed by atoms with Gasteiger partial charge in [0.25, 0.3) is 0 Å². The molecular formula is C17H18N2OS. The van der Waals surface area contributed by atoms with Crippen LogP contribution in [0.3, 0.4) is 0 Å². The zero-order valence-corrected chi connectivity index (χ0v) is 13.0. The average Bonchev–Trinajstić information content (AvgIpc) is 2.93. The zero-order chi connectivity index (χ0) is 14.7. The predicted octanol–water partition coefficient (Wildman–Crippen LogP) is 3.90. The number of aryl methyl sites for hydroxylation is 1. The molecule has 2 aromatic carbocycles. The van der Waals surface area contributed by atoms with E-state index in [1.54, 1.807) is 18.4 Å². The summed E-state index contributed by atoms with van der Waals surface area (Å²) >= 11 is 1.70. The summed E-state index contributed by atoms with van der Waals surface area (Å²) in [5, 5.41) is 9.07.